The van der Waals surface area contributed by atoms with Crippen LogP contribution < -0.4 is 15.8 Å². The Bertz CT molecular complexity index is 2190. The van der Waals surface area contributed by atoms with Gasteiger partial charge in [0.15, 0.2) is 5.65 Å². The van der Waals surface area contributed by atoms with E-state index in [1.165, 1.54) is 18.1 Å². The normalized spacial score (nSPS) is 18.8. The molecule has 2 fully saturated rings. The van der Waals surface area contributed by atoms with Crippen LogP contribution >= 0.6 is 11.8 Å². The maximum atomic E-state index is 13.6. The van der Waals surface area contributed by atoms with Gasteiger partial charge in [-0.3, -0.25) is 24.5 Å². The Morgan fingerprint density at radius 1 is 0.962 bits per heavy atom. The van der Waals surface area contributed by atoms with E-state index >= 15 is 0 Å². The smallest absolute Gasteiger partial charge is 0.255 e. The number of hydrogen-bond donors (Lipinski definition) is 2. The number of thioether (sulfide) groups is 1. The van der Waals surface area contributed by atoms with E-state index in [-0.39, 0.29) is 30.2 Å². The highest BCUT2D eigenvalue weighted by molar-refractivity contribution is 7.99. The number of rotatable bonds is 9. The number of piperidine rings is 2. The van der Waals surface area contributed by atoms with Gasteiger partial charge in [0.05, 0.1) is 11.4 Å². The Balaban J connectivity index is 0.935. The van der Waals surface area contributed by atoms with Crippen molar-refractivity contribution in [3.63, 3.8) is 0 Å². The summed E-state index contributed by atoms with van der Waals surface area (Å²) < 4.78 is 7.87. The number of imide groups is 1. The Labute approximate surface area is 303 Å². The van der Waals surface area contributed by atoms with Gasteiger partial charge in [0.2, 0.25) is 17.7 Å². The number of nitrogens with one attached hydrogen (secondary N) is 1. The minimum absolute atomic E-state index is 0.0471. The van der Waals surface area contributed by atoms with Crippen molar-refractivity contribution in [3.8, 4) is 22.8 Å². The highest BCUT2D eigenvalue weighted by Crippen LogP contribution is 2.37. The van der Waals surface area contributed by atoms with Crippen molar-refractivity contribution >= 4 is 52.2 Å². The lowest BCUT2D eigenvalue weighted by atomic mass is 10.0. The molecule has 5 heterocycles. The van der Waals surface area contributed by atoms with Crippen molar-refractivity contribution in [2.75, 3.05) is 24.6 Å². The molecule has 2 aromatic heterocycles. The molecule has 264 valence electrons. The second-order valence-electron chi connectivity index (χ2n) is 13.1. The summed E-state index contributed by atoms with van der Waals surface area (Å²) in [6.45, 7) is 1.44. The number of para-hydroxylation sites is 1. The van der Waals surface area contributed by atoms with Crippen molar-refractivity contribution < 1.29 is 23.9 Å². The minimum atomic E-state index is -0.671. The van der Waals surface area contributed by atoms with Crippen molar-refractivity contribution in [1.29, 1.82) is 0 Å². The number of carbonyl (C=O) groups excluding carboxylic acids is 4. The highest BCUT2D eigenvalue weighted by Gasteiger charge is 2.40. The van der Waals surface area contributed by atoms with Gasteiger partial charge in [-0.1, -0.05) is 24.3 Å². The van der Waals surface area contributed by atoms with Crippen molar-refractivity contribution in [2.24, 2.45) is 0 Å². The fraction of sp³-hybridized carbons (Fsp3) is 0.289. The number of amides is 4. The quantitative estimate of drug-likeness (QED) is 0.157. The number of fused-ring (bicyclic) bond motifs is 2. The summed E-state index contributed by atoms with van der Waals surface area (Å²) in [7, 11) is 0. The van der Waals surface area contributed by atoms with Crippen LogP contribution in [0.5, 0.6) is 11.5 Å². The number of nitrogen functional groups attached to an aromatic ring is 1. The minimum Gasteiger partial charge on any atom is -0.457 e. The fourth-order valence-electron chi connectivity index (χ4n) is 7.24. The molecule has 2 saturated heterocycles. The van der Waals surface area contributed by atoms with Crippen LogP contribution in [0.25, 0.3) is 22.3 Å². The maximum Gasteiger partial charge on any atom is 0.255 e. The molecule has 52 heavy (non-hydrogen) atoms. The second-order valence-corrected chi connectivity index (χ2v) is 14.2. The summed E-state index contributed by atoms with van der Waals surface area (Å²) in [5, 5.41) is 8.04. The van der Waals surface area contributed by atoms with Crippen LogP contribution in [-0.2, 0) is 20.9 Å². The second kappa shape index (κ2) is 14.1. The molecule has 8 rings (SSSR count). The van der Waals surface area contributed by atoms with E-state index in [0.717, 1.165) is 34.6 Å². The molecule has 0 radical (unpaired) electrons. The summed E-state index contributed by atoms with van der Waals surface area (Å²) in [4.78, 5) is 64.1. The van der Waals surface area contributed by atoms with E-state index in [0.29, 0.717) is 72.1 Å². The van der Waals surface area contributed by atoms with E-state index in [9.17, 15) is 19.2 Å². The molecule has 5 aromatic rings. The monoisotopic (exact) mass is 716 g/mol. The largest absolute Gasteiger partial charge is 0.457 e. The van der Waals surface area contributed by atoms with E-state index in [4.69, 9.17) is 15.6 Å². The van der Waals surface area contributed by atoms with Crippen molar-refractivity contribution in [2.45, 2.75) is 55.6 Å². The first kappa shape index (κ1) is 33.4. The number of ether oxygens (including phenoxy) is 1. The topological polar surface area (TPSA) is 166 Å². The number of aromatic nitrogens is 4. The SMILES string of the molecule is Nc1ncnc2c1c(-c1ccc(Oc3ccccc3)cc1)nn2C1CCCN(C(=O)CCSc2cccc3c2CN(C2CCC(=O)NC2=O)C3=O)C1. The van der Waals surface area contributed by atoms with Crippen molar-refractivity contribution in [3.05, 3.63) is 90.3 Å². The van der Waals surface area contributed by atoms with Crippen LogP contribution in [0.1, 0.15) is 54.1 Å². The van der Waals surface area contributed by atoms with Crippen molar-refractivity contribution in [1.82, 2.24) is 34.9 Å². The van der Waals surface area contributed by atoms with E-state index < -0.39 is 11.9 Å². The van der Waals surface area contributed by atoms with Crippen LogP contribution in [0.2, 0.25) is 0 Å². The van der Waals surface area contributed by atoms with Crippen LogP contribution in [0.4, 0.5) is 5.82 Å². The molecule has 3 aliphatic rings. The molecular formula is C38H36N8O5S. The zero-order valence-corrected chi connectivity index (χ0v) is 29.1. The Hall–Kier alpha value is -5.76. The number of likely N-dealkylation sites (tertiary alicyclic amines) is 1. The Kier molecular flexibility index (Phi) is 9.05. The lowest BCUT2D eigenvalue weighted by molar-refractivity contribution is -0.137. The van der Waals surface area contributed by atoms with E-state index in [1.807, 2.05) is 76.3 Å². The summed E-state index contributed by atoms with van der Waals surface area (Å²) in [5.74, 6) is 1.40. The van der Waals surface area contributed by atoms with Gasteiger partial charge in [0, 0.05) is 54.3 Å². The summed E-state index contributed by atoms with van der Waals surface area (Å²) in [6, 6.07) is 22.0. The zero-order valence-electron chi connectivity index (χ0n) is 28.2. The third-order valence-corrected chi connectivity index (χ3v) is 10.9. The number of carbonyl (C=O) groups is 4. The average Bonchev–Trinajstić information content (AvgIpc) is 3.72. The van der Waals surface area contributed by atoms with Crippen LogP contribution in [0.3, 0.4) is 0 Å². The van der Waals surface area contributed by atoms with Gasteiger partial charge >= 0.3 is 0 Å². The average molecular weight is 717 g/mol. The van der Waals surface area contributed by atoms with Crippen LogP contribution in [0.15, 0.2) is 84.0 Å². The molecule has 0 bridgehead atoms. The van der Waals surface area contributed by atoms with Gasteiger partial charge in [-0.25, -0.2) is 14.6 Å². The Morgan fingerprint density at radius 3 is 2.58 bits per heavy atom. The lowest BCUT2D eigenvalue weighted by Gasteiger charge is -2.33. The maximum absolute atomic E-state index is 13.6. The molecule has 0 aliphatic carbocycles. The van der Waals surface area contributed by atoms with E-state index in [2.05, 4.69) is 15.3 Å². The summed E-state index contributed by atoms with van der Waals surface area (Å²) >= 11 is 1.53. The molecule has 2 atom stereocenters. The fourth-order valence-corrected chi connectivity index (χ4v) is 8.26. The molecule has 0 spiro atoms. The molecule has 13 nitrogen and oxygen atoms in total. The number of nitrogens with zero attached hydrogens (tertiary/aromatic N) is 6. The first-order valence-electron chi connectivity index (χ1n) is 17.3. The molecule has 3 N–H and O–H groups in total. The molecule has 14 heteroatoms. The predicted molar refractivity (Wildman–Crippen MR) is 194 cm³/mol. The number of benzene rings is 3. The third-order valence-electron chi connectivity index (χ3n) is 9.83. The van der Waals surface area contributed by atoms with Crippen LogP contribution in [0, 0.1) is 0 Å². The van der Waals surface area contributed by atoms with Gasteiger partial charge in [-0.2, -0.15) is 5.10 Å². The molecule has 3 aliphatic heterocycles. The highest BCUT2D eigenvalue weighted by atomic mass is 32.2. The summed E-state index contributed by atoms with van der Waals surface area (Å²) in [6.07, 6.45) is 3.93. The summed E-state index contributed by atoms with van der Waals surface area (Å²) in [5.41, 5.74) is 9.96. The number of nitrogens with two attached hydrogens (primary N) is 1. The number of anilines is 1. The van der Waals surface area contributed by atoms with Gasteiger partial charge in [-0.15, -0.1) is 11.8 Å². The van der Waals surface area contributed by atoms with Crippen LogP contribution in [-0.4, -0.2) is 78.1 Å². The molecule has 2 unspecified atom stereocenters. The van der Waals surface area contributed by atoms with Gasteiger partial charge in [0.1, 0.15) is 35.4 Å². The first-order valence-corrected chi connectivity index (χ1v) is 18.3. The van der Waals surface area contributed by atoms with Gasteiger partial charge in [-0.05, 0) is 73.4 Å². The molecular weight excluding hydrogens is 681 g/mol. The Morgan fingerprint density at radius 2 is 1.77 bits per heavy atom. The van der Waals surface area contributed by atoms with Gasteiger partial charge < -0.3 is 20.3 Å². The molecule has 3 aromatic carbocycles. The predicted octanol–water partition coefficient (Wildman–Crippen LogP) is 4.97. The first-order chi connectivity index (χ1) is 25.3. The van der Waals surface area contributed by atoms with Gasteiger partial charge in [0.25, 0.3) is 5.91 Å². The zero-order chi connectivity index (χ0) is 35.8. The number of hydrogen-bond acceptors (Lipinski definition) is 10. The molecule has 4 amide bonds. The standard InChI is InChI=1S/C38H36N8O5S/c39-35-33-34(23-11-13-26(14-12-23)51-25-7-2-1-3-8-25)43-46(36(33)41-22-40-35)24-6-5-18-44(20-24)32(48)17-19-52-30-10-4-9-27-28(30)21-45(38(27)50)29-15-16-31(47)42-37(29)49/h1-4,7-14,22,24,29H,5-6,15-21H2,(H2,39,40,41)(H,42,47,49). The molecule has 0 saturated carbocycles. The van der Waals surface area contributed by atoms with E-state index in [1.54, 1.807) is 11.0 Å². The third kappa shape index (κ3) is 6.45. The lowest BCUT2D eigenvalue weighted by Crippen LogP contribution is -2.52.